The van der Waals surface area contributed by atoms with Gasteiger partial charge in [-0.15, -0.1) is 0 Å². The highest BCUT2D eigenvalue weighted by Crippen LogP contribution is 2.27. The number of aryl methyl sites for hydroxylation is 1. The summed E-state index contributed by atoms with van der Waals surface area (Å²) in [5.74, 6) is 1.62. The molecule has 1 saturated heterocycles. The largest absolute Gasteiger partial charge is 0.431 e. The molecule has 1 atom stereocenters. The molecule has 0 saturated carbocycles. The molecule has 1 aliphatic heterocycles. The number of nitrogens with zero attached hydrogens (tertiary/aromatic N) is 5. The van der Waals surface area contributed by atoms with Gasteiger partial charge >= 0.3 is 5.69 Å². The highest BCUT2D eigenvalue weighted by atomic mass is 32.2. The Balaban J connectivity index is 1.44. The molecule has 4 heterocycles. The number of oxazole rings is 1. The van der Waals surface area contributed by atoms with E-state index in [2.05, 4.69) is 21.8 Å². The van der Waals surface area contributed by atoms with Gasteiger partial charge in [0.2, 0.25) is 5.95 Å². The molecule has 11 heteroatoms. The fraction of sp³-hybridized carbons (Fsp3) is 0.429. The number of thioether (sulfide) groups is 1. The Morgan fingerprint density at radius 2 is 1.97 bits per heavy atom. The highest BCUT2D eigenvalue weighted by molar-refractivity contribution is 7.99. The van der Waals surface area contributed by atoms with Crippen LogP contribution in [0, 0.1) is 5.92 Å². The summed E-state index contributed by atoms with van der Waals surface area (Å²) in [4.78, 5) is 38.6. The fourth-order valence-electron chi connectivity index (χ4n) is 3.89. The third-order valence-corrected chi connectivity index (χ3v) is 6.70. The van der Waals surface area contributed by atoms with E-state index in [0.29, 0.717) is 55.2 Å². The van der Waals surface area contributed by atoms with Gasteiger partial charge in [0.1, 0.15) is 5.52 Å². The molecule has 1 N–H and O–H groups in total. The average molecular weight is 457 g/mol. The number of rotatable bonds is 6. The number of nitrogens with one attached hydrogen (secondary N) is 1. The second-order valence-corrected chi connectivity index (χ2v) is 8.95. The zero-order chi connectivity index (χ0) is 22.2. The minimum absolute atomic E-state index is 0.184. The maximum Gasteiger partial charge on any atom is 0.329 e. The summed E-state index contributed by atoms with van der Waals surface area (Å²) in [6.07, 6.45) is 0. The summed E-state index contributed by atoms with van der Waals surface area (Å²) in [6, 6.07) is 7.69. The zero-order valence-electron chi connectivity index (χ0n) is 17.9. The molecule has 0 aliphatic carbocycles. The van der Waals surface area contributed by atoms with Gasteiger partial charge in [-0.1, -0.05) is 30.8 Å². The van der Waals surface area contributed by atoms with Crippen molar-refractivity contribution in [1.29, 1.82) is 0 Å². The third-order valence-electron chi connectivity index (χ3n) is 5.54. The Morgan fingerprint density at radius 1 is 1.19 bits per heavy atom. The van der Waals surface area contributed by atoms with Crippen molar-refractivity contribution in [3.8, 4) is 0 Å². The van der Waals surface area contributed by atoms with Crippen LogP contribution >= 0.6 is 11.8 Å². The topological polar surface area (TPSA) is 111 Å². The first-order valence-electron chi connectivity index (χ1n) is 10.5. The summed E-state index contributed by atoms with van der Waals surface area (Å²) in [5.41, 5.74) is 1.51. The predicted octanol–water partition coefficient (Wildman–Crippen LogP) is 1.83. The number of benzene rings is 1. The van der Waals surface area contributed by atoms with Crippen LogP contribution in [0.15, 0.2) is 43.5 Å². The van der Waals surface area contributed by atoms with Crippen LogP contribution in [0.4, 0.5) is 5.95 Å². The predicted molar refractivity (Wildman–Crippen MR) is 123 cm³/mol. The van der Waals surface area contributed by atoms with Crippen molar-refractivity contribution in [2.45, 2.75) is 18.7 Å². The van der Waals surface area contributed by atoms with Crippen LogP contribution in [-0.2, 0) is 18.3 Å². The van der Waals surface area contributed by atoms with Gasteiger partial charge in [-0.2, -0.15) is 4.98 Å². The Bertz CT molecular complexity index is 1350. The number of aromatic amines is 1. The van der Waals surface area contributed by atoms with E-state index < -0.39 is 11.2 Å². The van der Waals surface area contributed by atoms with Gasteiger partial charge in [-0.05, 0) is 18.1 Å². The van der Waals surface area contributed by atoms with Gasteiger partial charge in [0.05, 0.1) is 13.2 Å². The summed E-state index contributed by atoms with van der Waals surface area (Å²) < 4.78 is 14.6. The van der Waals surface area contributed by atoms with E-state index in [1.807, 2.05) is 28.8 Å². The smallest absolute Gasteiger partial charge is 0.329 e. The maximum absolute atomic E-state index is 12.7. The average Bonchev–Trinajstić information content (AvgIpc) is 3.38. The molecular formula is C21H24N6O4S. The number of morpholine rings is 1. The maximum atomic E-state index is 12.7. The minimum Gasteiger partial charge on any atom is -0.431 e. The Hall–Kier alpha value is -3.05. The number of hydrogen-bond acceptors (Lipinski definition) is 8. The standard InChI is InChI=1S/C21H24N6O4S/c1-13(12-32-21-22-14-5-3-4-6-15(14)31-21)11-27-16-17(25(2)20(29)24-18(16)28)23-19(27)26-7-9-30-10-8-26/h3-6,13H,7-12H2,1-2H3,(H,24,28,29)/t13-/m0/s1. The third kappa shape index (κ3) is 3.82. The summed E-state index contributed by atoms with van der Waals surface area (Å²) >= 11 is 1.55. The van der Waals surface area contributed by atoms with Gasteiger partial charge in [0.25, 0.3) is 10.8 Å². The van der Waals surface area contributed by atoms with Crippen molar-refractivity contribution in [1.82, 2.24) is 24.1 Å². The summed E-state index contributed by atoms with van der Waals surface area (Å²) in [5, 5.41) is 0.627. The SMILES string of the molecule is C[C@H](CSc1nc2ccccc2o1)Cn1c(N2CCOCC2)nc2c1c(=O)[nH]c(=O)n2C. The van der Waals surface area contributed by atoms with E-state index in [-0.39, 0.29) is 5.92 Å². The zero-order valence-corrected chi connectivity index (χ0v) is 18.7. The van der Waals surface area contributed by atoms with Gasteiger partial charge in [0.15, 0.2) is 16.7 Å². The molecule has 0 radical (unpaired) electrons. The second-order valence-electron chi connectivity index (χ2n) is 7.98. The number of fused-ring (bicyclic) bond motifs is 2. The number of aromatic nitrogens is 5. The van der Waals surface area contributed by atoms with Crippen molar-refractivity contribution in [3.63, 3.8) is 0 Å². The Kier molecular flexibility index (Phi) is 5.51. The number of para-hydroxylation sites is 2. The van der Waals surface area contributed by atoms with Gasteiger partial charge in [-0.3, -0.25) is 14.3 Å². The summed E-state index contributed by atoms with van der Waals surface area (Å²) in [7, 11) is 1.62. The van der Waals surface area contributed by atoms with E-state index in [9.17, 15) is 9.59 Å². The van der Waals surface area contributed by atoms with Crippen LogP contribution in [0.3, 0.4) is 0 Å². The van der Waals surface area contributed by atoms with Crippen molar-refractivity contribution < 1.29 is 9.15 Å². The molecule has 5 rings (SSSR count). The van der Waals surface area contributed by atoms with Crippen LogP contribution in [0.5, 0.6) is 0 Å². The van der Waals surface area contributed by atoms with Crippen LogP contribution in [-0.4, -0.2) is 56.1 Å². The van der Waals surface area contributed by atoms with Gasteiger partial charge in [-0.25, -0.2) is 9.78 Å². The lowest BCUT2D eigenvalue weighted by Crippen LogP contribution is -2.38. The monoisotopic (exact) mass is 456 g/mol. The normalized spacial score (nSPS) is 15.6. The van der Waals surface area contributed by atoms with E-state index >= 15 is 0 Å². The van der Waals surface area contributed by atoms with Crippen molar-refractivity contribution in [2.24, 2.45) is 13.0 Å². The van der Waals surface area contributed by atoms with Crippen LogP contribution in [0.2, 0.25) is 0 Å². The molecule has 0 spiro atoms. The molecule has 1 aromatic carbocycles. The Morgan fingerprint density at radius 3 is 2.75 bits per heavy atom. The first-order chi connectivity index (χ1) is 15.5. The molecule has 1 aliphatic rings. The van der Waals surface area contributed by atoms with Gasteiger partial charge < -0.3 is 18.6 Å². The van der Waals surface area contributed by atoms with Crippen LogP contribution in [0.1, 0.15) is 6.92 Å². The number of H-pyrrole nitrogens is 1. The van der Waals surface area contributed by atoms with E-state index in [1.165, 1.54) is 4.57 Å². The van der Waals surface area contributed by atoms with E-state index in [4.69, 9.17) is 14.1 Å². The molecule has 0 unspecified atom stereocenters. The number of ether oxygens (including phenoxy) is 1. The van der Waals surface area contributed by atoms with Crippen LogP contribution in [0.25, 0.3) is 22.3 Å². The van der Waals surface area contributed by atoms with Crippen molar-refractivity contribution in [2.75, 3.05) is 37.0 Å². The molecule has 3 aromatic heterocycles. The first-order valence-corrected chi connectivity index (χ1v) is 11.5. The molecule has 10 nitrogen and oxygen atoms in total. The first kappa shape index (κ1) is 20.8. The molecule has 0 bridgehead atoms. The van der Waals surface area contributed by atoms with Crippen molar-refractivity contribution in [3.05, 3.63) is 45.1 Å². The van der Waals surface area contributed by atoms with Gasteiger partial charge in [0, 0.05) is 32.4 Å². The summed E-state index contributed by atoms with van der Waals surface area (Å²) in [6.45, 7) is 5.24. The lowest BCUT2D eigenvalue weighted by atomic mass is 10.2. The van der Waals surface area contributed by atoms with E-state index in [1.54, 1.807) is 18.8 Å². The molecule has 0 amide bonds. The molecule has 1 fully saturated rings. The lowest BCUT2D eigenvalue weighted by Gasteiger charge is -2.28. The minimum atomic E-state index is -0.472. The molecular weight excluding hydrogens is 432 g/mol. The lowest BCUT2D eigenvalue weighted by molar-refractivity contribution is 0.121. The fourth-order valence-corrected chi connectivity index (χ4v) is 4.74. The quantitative estimate of drug-likeness (QED) is 0.438. The van der Waals surface area contributed by atoms with Crippen molar-refractivity contribution >= 4 is 40.0 Å². The Labute approximate surface area is 187 Å². The highest BCUT2D eigenvalue weighted by Gasteiger charge is 2.24. The molecule has 4 aromatic rings. The van der Waals surface area contributed by atoms with E-state index in [0.717, 1.165) is 16.9 Å². The number of imidazole rings is 1. The molecule has 32 heavy (non-hydrogen) atoms. The molecule has 168 valence electrons. The number of hydrogen-bond donors (Lipinski definition) is 1. The van der Waals surface area contributed by atoms with Crippen LogP contribution < -0.4 is 16.1 Å². The second kappa shape index (κ2) is 8.47. The number of anilines is 1.